The zero-order valence-corrected chi connectivity index (χ0v) is 23.5. The number of carbonyl (C=O) groups excluding carboxylic acids is 3. The predicted octanol–water partition coefficient (Wildman–Crippen LogP) is 3.92. The van der Waals surface area contributed by atoms with Crippen LogP contribution in [-0.2, 0) is 25.5 Å². The number of primary amides is 1. The van der Waals surface area contributed by atoms with E-state index in [1.165, 1.54) is 36.2 Å². The summed E-state index contributed by atoms with van der Waals surface area (Å²) in [7, 11) is 1.47. The van der Waals surface area contributed by atoms with Crippen molar-refractivity contribution in [2.75, 3.05) is 7.11 Å². The van der Waals surface area contributed by atoms with E-state index in [4.69, 9.17) is 13.5 Å². The van der Waals surface area contributed by atoms with Crippen molar-refractivity contribution in [3.8, 4) is 17.2 Å². The highest BCUT2D eigenvalue weighted by Gasteiger charge is 2.61. The van der Waals surface area contributed by atoms with Gasteiger partial charge < -0.3 is 30.9 Å². The number of aliphatic hydroxyl groups is 2. The van der Waals surface area contributed by atoms with Crippen molar-refractivity contribution in [1.82, 2.24) is 0 Å². The molecule has 2 aromatic carbocycles. The number of allylic oxidation sites excluding steroid dienone is 3. The first-order valence-corrected chi connectivity index (χ1v) is 13.3. The second kappa shape index (κ2) is 10.3. The molecule has 3 atom stereocenters. The van der Waals surface area contributed by atoms with Crippen LogP contribution in [0.1, 0.15) is 39.9 Å². The molecule has 40 heavy (non-hydrogen) atoms. The molecule has 6 N–H and O–H groups in total. The average molecular weight is 659 g/mol. The summed E-state index contributed by atoms with van der Waals surface area (Å²) in [5.74, 6) is -5.08. The van der Waals surface area contributed by atoms with Crippen molar-refractivity contribution < 1.29 is 42.6 Å². The number of aromatic hydroxyl groups is 2. The summed E-state index contributed by atoms with van der Waals surface area (Å²) in [4.78, 5) is 39.1. The average Bonchev–Trinajstić information content (AvgIpc) is 2.90. The maximum absolute atomic E-state index is 13.8. The first-order chi connectivity index (χ1) is 19.0. The normalized spacial score (nSPS) is 24.1. The number of phenolic OH excluding ortho intramolecular Hbond substituents is 2. The molecule has 208 valence electrons. The van der Waals surface area contributed by atoms with Gasteiger partial charge in [-0.15, -0.1) is 0 Å². The molecule has 0 saturated heterocycles. The predicted molar refractivity (Wildman–Crippen MR) is 151 cm³/mol. The Morgan fingerprint density at radius 2 is 1.85 bits per heavy atom. The summed E-state index contributed by atoms with van der Waals surface area (Å²) in [6.07, 6.45) is 4.54. The Labute approximate surface area is 243 Å². The van der Waals surface area contributed by atoms with E-state index in [0.29, 0.717) is 23.3 Å². The van der Waals surface area contributed by atoms with E-state index in [0.717, 1.165) is 5.56 Å². The molecule has 0 spiro atoms. The molecule has 2 aromatic rings. The van der Waals surface area contributed by atoms with Crippen molar-refractivity contribution in [3.63, 3.8) is 0 Å². The molecular weight excluding hydrogens is 633 g/mol. The van der Waals surface area contributed by atoms with E-state index in [1.54, 1.807) is 24.3 Å². The zero-order chi connectivity index (χ0) is 28.9. The summed E-state index contributed by atoms with van der Waals surface area (Å²) in [5.41, 5.74) is 4.74. The minimum atomic E-state index is -2.06. The lowest BCUT2D eigenvalue weighted by atomic mass is 9.60. The topological polar surface area (TPSA) is 177 Å². The smallest absolute Gasteiger partial charge is 0.255 e. The molecule has 3 aliphatic carbocycles. The van der Waals surface area contributed by atoms with Crippen molar-refractivity contribution in [2.45, 2.75) is 31.3 Å². The van der Waals surface area contributed by atoms with E-state index >= 15 is 0 Å². The Morgan fingerprint density at radius 3 is 2.52 bits per heavy atom. The number of nitrogens with two attached hydrogens (primary N) is 1. The van der Waals surface area contributed by atoms with Crippen LogP contribution in [0.5, 0.6) is 17.2 Å². The van der Waals surface area contributed by atoms with Crippen molar-refractivity contribution in [2.24, 2.45) is 17.6 Å². The summed E-state index contributed by atoms with van der Waals surface area (Å²) in [6.45, 7) is 0. The fraction of sp³-hybridized carbons (Fsp3) is 0.276. The monoisotopic (exact) mass is 659 g/mol. The van der Waals surface area contributed by atoms with Gasteiger partial charge in [0.2, 0.25) is 11.4 Å². The molecule has 0 aromatic heterocycles. The van der Waals surface area contributed by atoms with Crippen molar-refractivity contribution in [3.05, 3.63) is 81.3 Å². The molecule has 0 bridgehead atoms. The Hall–Kier alpha value is -3.84. The lowest BCUT2D eigenvalue weighted by Gasteiger charge is -2.46. The molecular formula is C29H26INO9. The number of carbonyl (C=O) groups is 3. The van der Waals surface area contributed by atoms with Gasteiger partial charge in [-0.2, -0.15) is 0 Å². The Morgan fingerprint density at radius 1 is 1.12 bits per heavy atom. The number of amides is 1. The van der Waals surface area contributed by atoms with Gasteiger partial charge in [0.25, 0.3) is 5.91 Å². The molecule has 3 aliphatic rings. The van der Waals surface area contributed by atoms with E-state index in [9.17, 15) is 34.8 Å². The molecule has 0 aliphatic heterocycles. The number of benzene rings is 2. The number of Topliss-reactive ketones (excluding diaryl/α,β-unsaturated/α-hetero) is 2. The fourth-order valence-electron chi connectivity index (χ4n) is 6.09. The van der Waals surface area contributed by atoms with Crippen LogP contribution in [0.4, 0.5) is 0 Å². The van der Waals surface area contributed by atoms with E-state index in [1.807, 2.05) is 12.2 Å². The van der Waals surface area contributed by atoms with E-state index in [2.05, 4.69) is 0 Å². The van der Waals surface area contributed by atoms with Crippen LogP contribution in [-0.4, -0.2) is 50.6 Å². The van der Waals surface area contributed by atoms with Crippen LogP contribution in [0, 0.1) is 11.8 Å². The second-order valence-electron chi connectivity index (χ2n) is 10.1. The summed E-state index contributed by atoms with van der Waals surface area (Å²) in [6, 6.07) is 8.12. The SMILES string of the molecule is COc1cc(C/C=C\c2ccc(O)c3c2C[C@H]2C[C@H]4CC(O)=C(C(N)=O)C(=O)[C@@]4(OI)C(O)=C2C3=O)ccc1O. The third-order valence-corrected chi connectivity index (χ3v) is 8.66. The minimum absolute atomic E-state index is 0.0186. The van der Waals surface area contributed by atoms with Gasteiger partial charge in [0, 0.05) is 17.9 Å². The highest BCUT2D eigenvalue weighted by atomic mass is 127. The molecule has 11 heteroatoms. The van der Waals surface area contributed by atoms with Crippen LogP contribution < -0.4 is 10.5 Å². The Kier molecular flexibility index (Phi) is 7.13. The van der Waals surface area contributed by atoms with Gasteiger partial charge in [-0.1, -0.05) is 24.3 Å². The lowest BCUT2D eigenvalue weighted by molar-refractivity contribution is -0.137. The standard InChI is InChI=1S/C29H26INO9/c1-39-21-9-13(5-7-18(21)32)3-2-4-14-6-8-19(33)23-17(14)11-15-10-16-12-20(34)24(28(31)38)27(37)29(16,40-30)26(36)22(15)25(23)35/h2,4-9,15-16,32-34,36H,3,10-12H2,1H3,(H2,31,38)/b4-2-/t15-,16+,29+/m1/s1. The van der Waals surface area contributed by atoms with Gasteiger partial charge in [-0.25, -0.2) is 0 Å². The summed E-state index contributed by atoms with van der Waals surface area (Å²) >= 11 is 1.45. The molecule has 0 radical (unpaired) electrons. The van der Waals surface area contributed by atoms with Gasteiger partial charge in [0.15, 0.2) is 17.3 Å². The number of hydrogen-bond acceptors (Lipinski definition) is 9. The zero-order valence-electron chi connectivity index (χ0n) is 21.3. The van der Waals surface area contributed by atoms with Crippen LogP contribution >= 0.6 is 23.0 Å². The number of methoxy groups -OCH3 is 1. The minimum Gasteiger partial charge on any atom is -0.511 e. The summed E-state index contributed by atoms with van der Waals surface area (Å²) in [5, 5.41) is 42.4. The van der Waals surface area contributed by atoms with Gasteiger partial charge in [0.1, 0.15) is 45.8 Å². The third-order valence-electron chi connectivity index (χ3n) is 7.96. The maximum atomic E-state index is 13.8. The number of aliphatic hydroxyl groups excluding tert-OH is 2. The van der Waals surface area contributed by atoms with E-state index in [-0.39, 0.29) is 41.9 Å². The molecule has 0 unspecified atom stereocenters. The number of fused-ring (bicyclic) bond motifs is 3. The van der Waals surface area contributed by atoms with Crippen LogP contribution in [0.25, 0.3) is 6.08 Å². The number of ketones is 2. The van der Waals surface area contributed by atoms with Gasteiger partial charge in [-0.05, 0) is 60.1 Å². The molecule has 5 rings (SSSR count). The highest BCUT2D eigenvalue weighted by molar-refractivity contribution is 14.1. The van der Waals surface area contributed by atoms with Gasteiger partial charge in [-0.3, -0.25) is 17.4 Å². The number of halogens is 1. The number of hydrogen-bond donors (Lipinski definition) is 5. The van der Waals surface area contributed by atoms with Gasteiger partial charge >= 0.3 is 0 Å². The van der Waals surface area contributed by atoms with Crippen molar-refractivity contribution in [1.29, 1.82) is 0 Å². The Bertz CT molecular complexity index is 1560. The molecule has 1 amide bonds. The first kappa shape index (κ1) is 27.7. The molecule has 0 fully saturated rings. The van der Waals surface area contributed by atoms with Crippen LogP contribution in [0.15, 0.2) is 59.1 Å². The molecule has 10 nitrogen and oxygen atoms in total. The van der Waals surface area contributed by atoms with Crippen LogP contribution in [0.3, 0.4) is 0 Å². The lowest BCUT2D eigenvalue weighted by Crippen LogP contribution is -2.57. The summed E-state index contributed by atoms with van der Waals surface area (Å²) < 4.78 is 10.7. The molecule has 0 heterocycles. The highest BCUT2D eigenvalue weighted by Crippen LogP contribution is 2.53. The van der Waals surface area contributed by atoms with Crippen molar-refractivity contribution >= 4 is 46.6 Å². The Balaban J connectivity index is 1.54. The third kappa shape index (κ3) is 4.15. The maximum Gasteiger partial charge on any atom is 0.255 e. The second-order valence-corrected chi connectivity index (χ2v) is 10.5. The largest absolute Gasteiger partial charge is 0.511 e. The first-order valence-electron chi connectivity index (χ1n) is 12.5. The quantitative estimate of drug-likeness (QED) is 0.227. The number of ether oxygens (including phenoxy) is 1. The van der Waals surface area contributed by atoms with Crippen LogP contribution in [0.2, 0.25) is 0 Å². The fourth-order valence-corrected chi connectivity index (χ4v) is 6.85. The number of rotatable bonds is 6. The molecule has 0 saturated carbocycles. The van der Waals surface area contributed by atoms with E-state index < -0.39 is 52.0 Å². The number of phenols is 2. The van der Waals surface area contributed by atoms with Gasteiger partial charge in [0.05, 0.1) is 12.7 Å².